The van der Waals surface area contributed by atoms with E-state index >= 15 is 0 Å². The summed E-state index contributed by atoms with van der Waals surface area (Å²) in [5.41, 5.74) is 1.04. The molecule has 0 N–H and O–H groups in total. The number of hydrogen-bond donors (Lipinski definition) is 0. The summed E-state index contributed by atoms with van der Waals surface area (Å²) in [4.78, 5) is 11.3. The third kappa shape index (κ3) is 3.98. The Kier molecular flexibility index (Phi) is 4.91. The summed E-state index contributed by atoms with van der Waals surface area (Å²) in [5, 5.41) is 8.01. The first-order chi connectivity index (χ1) is 7.63. The smallest absolute Gasteiger partial charge is 0.369 e. The summed E-state index contributed by atoms with van der Waals surface area (Å²) in [6.45, 7) is 8.24. The Morgan fingerprint density at radius 1 is 1.50 bits per heavy atom. The summed E-state index contributed by atoms with van der Waals surface area (Å²) in [6.07, 6.45) is 0.758. The maximum absolute atomic E-state index is 11.3. The van der Waals surface area contributed by atoms with Gasteiger partial charge in [-0.1, -0.05) is 10.7 Å². The maximum Gasteiger partial charge on any atom is 0.369 e. The van der Waals surface area contributed by atoms with Crippen molar-refractivity contribution in [3.8, 4) is 5.19 Å². The van der Waals surface area contributed by atoms with Crippen LogP contribution in [0, 0.1) is 0 Å². The standard InChI is InChI=1S/C10H14N2O3S/c1-4-14-9(13)8-11-12-10(16-8)15-6-5-7(2)3/h2,4-6H2,1,3H3. The molecule has 0 bridgehead atoms. The van der Waals surface area contributed by atoms with E-state index in [2.05, 4.69) is 16.8 Å². The predicted molar refractivity (Wildman–Crippen MR) is 60.8 cm³/mol. The van der Waals surface area contributed by atoms with Crippen LogP contribution in [0.2, 0.25) is 0 Å². The second kappa shape index (κ2) is 6.22. The van der Waals surface area contributed by atoms with Crippen LogP contribution in [-0.4, -0.2) is 29.4 Å². The van der Waals surface area contributed by atoms with Gasteiger partial charge in [0.05, 0.1) is 13.2 Å². The van der Waals surface area contributed by atoms with E-state index in [-0.39, 0.29) is 5.01 Å². The molecule has 0 spiro atoms. The summed E-state index contributed by atoms with van der Waals surface area (Å²) in [7, 11) is 0. The molecule has 0 aliphatic rings. The number of esters is 1. The van der Waals surface area contributed by atoms with Gasteiger partial charge in [-0.2, -0.15) is 0 Å². The minimum absolute atomic E-state index is 0.215. The number of ether oxygens (including phenoxy) is 2. The summed E-state index contributed by atoms with van der Waals surface area (Å²) >= 11 is 1.08. The van der Waals surface area contributed by atoms with E-state index in [1.54, 1.807) is 6.92 Å². The van der Waals surface area contributed by atoms with Crippen LogP contribution < -0.4 is 4.74 Å². The molecule has 1 aromatic rings. The first-order valence-corrected chi connectivity index (χ1v) is 5.73. The number of carbonyl (C=O) groups is 1. The molecule has 6 heteroatoms. The highest BCUT2D eigenvalue weighted by molar-refractivity contribution is 7.14. The molecule has 0 atom stereocenters. The summed E-state index contributed by atoms with van der Waals surface area (Å²) < 4.78 is 10.1. The monoisotopic (exact) mass is 242 g/mol. The van der Waals surface area contributed by atoms with E-state index < -0.39 is 5.97 Å². The topological polar surface area (TPSA) is 61.3 Å². The van der Waals surface area contributed by atoms with E-state index in [9.17, 15) is 4.79 Å². The third-order valence-electron chi connectivity index (χ3n) is 1.61. The fourth-order valence-corrected chi connectivity index (χ4v) is 1.47. The Labute approximate surface area is 98.1 Å². The van der Waals surface area contributed by atoms with Crippen molar-refractivity contribution in [3.05, 3.63) is 17.2 Å². The van der Waals surface area contributed by atoms with E-state index in [1.807, 2.05) is 6.92 Å². The summed E-state index contributed by atoms with van der Waals surface area (Å²) in [5.74, 6) is -0.463. The van der Waals surface area contributed by atoms with Gasteiger partial charge < -0.3 is 9.47 Å². The van der Waals surface area contributed by atoms with Gasteiger partial charge in [-0.15, -0.1) is 11.7 Å². The van der Waals surface area contributed by atoms with Crippen molar-refractivity contribution >= 4 is 17.3 Å². The predicted octanol–water partition coefficient (Wildman–Crippen LogP) is 2.06. The molecular formula is C10H14N2O3S. The molecule has 0 saturated heterocycles. The SMILES string of the molecule is C=C(C)CCOc1nnc(C(=O)OCC)s1. The molecule has 0 aliphatic heterocycles. The first-order valence-electron chi connectivity index (χ1n) is 4.91. The lowest BCUT2D eigenvalue weighted by Crippen LogP contribution is -2.03. The molecule has 0 amide bonds. The van der Waals surface area contributed by atoms with Crippen LogP contribution in [0.5, 0.6) is 5.19 Å². The van der Waals surface area contributed by atoms with Crippen LogP contribution in [0.3, 0.4) is 0 Å². The quantitative estimate of drug-likeness (QED) is 0.564. The lowest BCUT2D eigenvalue weighted by Gasteiger charge is -1.99. The Hall–Kier alpha value is -1.43. The Morgan fingerprint density at radius 2 is 2.25 bits per heavy atom. The second-order valence-corrected chi connectivity index (χ2v) is 4.09. The van der Waals surface area contributed by atoms with Crippen molar-refractivity contribution in [2.45, 2.75) is 20.3 Å². The van der Waals surface area contributed by atoms with Crippen molar-refractivity contribution in [1.82, 2.24) is 10.2 Å². The van der Waals surface area contributed by atoms with Crippen molar-refractivity contribution in [2.75, 3.05) is 13.2 Å². The fraction of sp³-hybridized carbons (Fsp3) is 0.500. The highest BCUT2D eigenvalue weighted by Crippen LogP contribution is 2.18. The highest BCUT2D eigenvalue weighted by atomic mass is 32.1. The number of nitrogens with zero attached hydrogens (tertiary/aromatic N) is 2. The van der Waals surface area contributed by atoms with Crippen molar-refractivity contribution in [1.29, 1.82) is 0 Å². The van der Waals surface area contributed by atoms with Crippen LogP contribution >= 0.6 is 11.3 Å². The van der Waals surface area contributed by atoms with Crippen molar-refractivity contribution < 1.29 is 14.3 Å². The van der Waals surface area contributed by atoms with Crippen molar-refractivity contribution in [2.24, 2.45) is 0 Å². The van der Waals surface area contributed by atoms with Gasteiger partial charge in [-0.3, -0.25) is 0 Å². The van der Waals surface area contributed by atoms with Crippen LogP contribution in [0.4, 0.5) is 0 Å². The Balaban J connectivity index is 2.45. The Morgan fingerprint density at radius 3 is 2.88 bits per heavy atom. The average molecular weight is 242 g/mol. The first kappa shape index (κ1) is 12.6. The molecule has 0 saturated carbocycles. The lowest BCUT2D eigenvalue weighted by molar-refractivity contribution is 0.0525. The van der Waals surface area contributed by atoms with E-state index in [4.69, 9.17) is 9.47 Å². The largest absolute Gasteiger partial charge is 0.469 e. The normalized spacial score (nSPS) is 9.88. The molecule has 1 heterocycles. The van der Waals surface area contributed by atoms with Gasteiger partial charge in [0, 0.05) is 6.42 Å². The minimum Gasteiger partial charge on any atom is -0.469 e. The molecule has 0 aromatic carbocycles. The number of hydrogen-bond acceptors (Lipinski definition) is 6. The molecule has 88 valence electrons. The van der Waals surface area contributed by atoms with Crippen LogP contribution in [0.25, 0.3) is 0 Å². The van der Waals surface area contributed by atoms with Gasteiger partial charge in [0.1, 0.15) is 0 Å². The van der Waals surface area contributed by atoms with Gasteiger partial charge in [0.25, 0.3) is 5.19 Å². The van der Waals surface area contributed by atoms with E-state index in [1.165, 1.54) is 0 Å². The second-order valence-electron chi connectivity index (χ2n) is 3.15. The van der Waals surface area contributed by atoms with Gasteiger partial charge in [-0.05, 0) is 25.2 Å². The number of aromatic nitrogens is 2. The average Bonchev–Trinajstić information content (AvgIpc) is 2.66. The van der Waals surface area contributed by atoms with Gasteiger partial charge in [0.2, 0.25) is 5.01 Å². The van der Waals surface area contributed by atoms with Crippen LogP contribution in [0.15, 0.2) is 12.2 Å². The van der Waals surface area contributed by atoms with Crippen LogP contribution in [0.1, 0.15) is 30.1 Å². The molecule has 0 unspecified atom stereocenters. The molecule has 16 heavy (non-hydrogen) atoms. The zero-order valence-corrected chi connectivity index (χ0v) is 10.2. The van der Waals surface area contributed by atoms with Crippen molar-refractivity contribution in [3.63, 3.8) is 0 Å². The van der Waals surface area contributed by atoms with Gasteiger partial charge in [0.15, 0.2) is 0 Å². The van der Waals surface area contributed by atoms with Gasteiger partial charge >= 0.3 is 5.97 Å². The zero-order chi connectivity index (χ0) is 12.0. The molecule has 0 fully saturated rings. The third-order valence-corrected chi connectivity index (χ3v) is 2.43. The maximum atomic E-state index is 11.3. The minimum atomic E-state index is -0.463. The molecule has 5 nitrogen and oxygen atoms in total. The lowest BCUT2D eigenvalue weighted by atomic mass is 10.3. The molecule has 1 rings (SSSR count). The number of rotatable bonds is 6. The molecule has 0 radical (unpaired) electrons. The Bertz CT molecular complexity index is 376. The van der Waals surface area contributed by atoms with E-state index in [0.717, 1.165) is 23.3 Å². The highest BCUT2D eigenvalue weighted by Gasteiger charge is 2.14. The zero-order valence-electron chi connectivity index (χ0n) is 9.36. The van der Waals surface area contributed by atoms with Crippen LogP contribution in [-0.2, 0) is 4.74 Å². The summed E-state index contributed by atoms with van der Waals surface area (Å²) in [6, 6.07) is 0. The van der Waals surface area contributed by atoms with Gasteiger partial charge in [-0.25, -0.2) is 4.79 Å². The molecule has 0 aliphatic carbocycles. The number of carbonyl (C=O) groups excluding carboxylic acids is 1. The molecule has 1 aromatic heterocycles. The fourth-order valence-electron chi connectivity index (χ4n) is 0.856. The molecular weight excluding hydrogens is 228 g/mol. The van der Waals surface area contributed by atoms with E-state index in [0.29, 0.717) is 18.4 Å².